The maximum atomic E-state index is 12.4. The zero-order chi connectivity index (χ0) is 18.0. The average molecular weight is 360 g/mol. The number of ether oxygens (including phenoxy) is 1. The summed E-state index contributed by atoms with van der Waals surface area (Å²) in [4.78, 5) is 13.9. The molecule has 0 saturated carbocycles. The van der Waals surface area contributed by atoms with E-state index in [-0.39, 0.29) is 18.2 Å². The number of benzene rings is 2. The molecular formula is C18H20N2O4S. The molecular weight excluding hydrogens is 340 g/mol. The van der Waals surface area contributed by atoms with Crippen LogP contribution in [0, 0.1) is 6.92 Å². The molecule has 1 aliphatic rings. The van der Waals surface area contributed by atoms with Gasteiger partial charge in [0.15, 0.2) is 6.10 Å². The summed E-state index contributed by atoms with van der Waals surface area (Å²) in [6.07, 6.45) is -0.882. The number of amides is 1. The number of fused-ring (bicyclic) bond motifs is 1. The highest BCUT2D eigenvalue weighted by atomic mass is 32.2. The quantitative estimate of drug-likeness (QED) is 0.883. The smallest absolute Gasteiger partial charge is 0.269 e. The Labute approximate surface area is 147 Å². The monoisotopic (exact) mass is 360 g/mol. The fraction of sp³-hybridized carbons (Fsp3) is 0.278. The number of anilines is 1. The Morgan fingerprint density at radius 3 is 2.68 bits per heavy atom. The van der Waals surface area contributed by atoms with E-state index in [1.165, 1.54) is 4.90 Å². The summed E-state index contributed by atoms with van der Waals surface area (Å²) in [6, 6.07) is 14.5. The molecule has 1 atom stereocenters. The number of likely N-dealkylation sites (N-methyl/N-ethyl adjacent to an activating group) is 1. The van der Waals surface area contributed by atoms with Crippen LogP contribution < -0.4 is 14.4 Å². The first-order valence-corrected chi connectivity index (χ1v) is 9.57. The van der Waals surface area contributed by atoms with Crippen molar-refractivity contribution in [1.82, 2.24) is 4.72 Å². The van der Waals surface area contributed by atoms with E-state index >= 15 is 0 Å². The van der Waals surface area contributed by atoms with E-state index in [1.54, 1.807) is 31.3 Å². The lowest BCUT2D eigenvalue weighted by molar-refractivity contribution is -0.125. The summed E-state index contributed by atoms with van der Waals surface area (Å²) in [6.45, 7) is 1.80. The summed E-state index contributed by atoms with van der Waals surface area (Å²) in [5.74, 6) is 0.145. The van der Waals surface area contributed by atoms with Gasteiger partial charge >= 0.3 is 0 Å². The second-order valence-corrected chi connectivity index (χ2v) is 7.87. The lowest BCUT2D eigenvalue weighted by Crippen LogP contribution is -2.49. The van der Waals surface area contributed by atoms with Gasteiger partial charge in [-0.2, -0.15) is 0 Å². The zero-order valence-electron chi connectivity index (χ0n) is 14.1. The van der Waals surface area contributed by atoms with Crippen LogP contribution in [0.5, 0.6) is 5.75 Å². The molecule has 1 unspecified atom stereocenters. The molecule has 132 valence electrons. The van der Waals surface area contributed by atoms with Gasteiger partial charge < -0.3 is 9.64 Å². The largest absolute Gasteiger partial charge is 0.477 e. The first-order valence-electron chi connectivity index (χ1n) is 7.92. The minimum Gasteiger partial charge on any atom is -0.477 e. The van der Waals surface area contributed by atoms with Crippen molar-refractivity contribution in [3.63, 3.8) is 0 Å². The third kappa shape index (κ3) is 4.00. The van der Waals surface area contributed by atoms with E-state index in [4.69, 9.17) is 4.74 Å². The van der Waals surface area contributed by atoms with Crippen LogP contribution in [0.1, 0.15) is 11.1 Å². The Morgan fingerprint density at radius 2 is 1.92 bits per heavy atom. The van der Waals surface area contributed by atoms with Crippen molar-refractivity contribution in [2.45, 2.75) is 18.8 Å². The second-order valence-electron chi connectivity index (χ2n) is 6.07. The number of sulfonamides is 1. The first kappa shape index (κ1) is 17.4. The van der Waals surface area contributed by atoms with E-state index in [9.17, 15) is 13.2 Å². The van der Waals surface area contributed by atoms with Crippen LogP contribution in [-0.2, 0) is 20.6 Å². The number of para-hydroxylation sites is 2. The van der Waals surface area contributed by atoms with Gasteiger partial charge in [0.05, 0.1) is 18.0 Å². The Hall–Kier alpha value is -2.38. The number of nitrogens with zero attached hydrogens (tertiary/aromatic N) is 1. The molecule has 0 radical (unpaired) electrons. The molecule has 0 aromatic heterocycles. The molecule has 25 heavy (non-hydrogen) atoms. The molecule has 1 N–H and O–H groups in total. The minimum atomic E-state index is -3.57. The van der Waals surface area contributed by atoms with E-state index in [2.05, 4.69) is 4.72 Å². The van der Waals surface area contributed by atoms with Crippen LogP contribution >= 0.6 is 0 Å². The molecule has 3 rings (SSSR count). The molecule has 1 aliphatic heterocycles. The standard InChI is InChI=1S/C18H20N2O4S/c1-13-6-5-7-14(10-13)12-25(22,23)19-11-17-18(21)20(2)15-8-3-4-9-16(15)24-17/h3-10,17,19H,11-12H2,1-2H3. The molecule has 1 heterocycles. The van der Waals surface area contributed by atoms with Gasteiger partial charge in [0.25, 0.3) is 5.91 Å². The number of carbonyl (C=O) groups is 1. The van der Waals surface area contributed by atoms with Crippen LogP contribution in [0.3, 0.4) is 0 Å². The molecule has 7 heteroatoms. The van der Waals surface area contributed by atoms with Gasteiger partial charge in [-0.25, -0.2) is 13.1 Å². The topological polar surface area (TPSA) is 75.7 Å². The van der Waals surface area contributed by atoms with E-state index < -0.39 is 16.1 Å². The highest BCUT2D eigenvalue weighted by Gasteiger charge is 2.32. The Morgan fingerprint density at radius 1 is 1.16 bits per heavy atom. The number of hydrogen-bond acceptors (Lipinski definition) is 4. The van der Waals surface area contributed by atoms with E-state index in [0.717, 1.165) is 5.56 Å². The number of carbonyl (C=O) groups excluding carboxylic acids is 1. The van der Waals surface area contributed by atoms with Crippen molar-refractivity contribution in [3.8, 4) is 5.75 Å². The zero-order valence-corrected chi connectivity index (χ0v) is 14.9. The summed E-state index contributed by atoms with van der Waals surface area (Å²) in [5.41, 5.74) is 2.37. The van der Waals surface area contributed by atoms with Gasteiger partial charge in [0.2, 0.25) is 10.0 Å². The van der Waals surface area contributed by atoms with Crippen molar-refractivity contribution >= 4 is 21.6 Å². The minimum absolute atomic E-state index is 0.105. The van der Waals surface area contributed by atoms with Crippen molar-refractivity contribution < 1.29 is 17.9 Å². The Kier molecular flexibility index (Phi) is 4.78. The van der Waals surface area contributed by atoms with Crippen molar-refractivity contribution in [2.75, 3.05) is 18.5 Å². The molecule has 0 aliphatic carbocycles. The summed E-state index contributed by atoms with van der Waals surface area (Å²) >= 11 is 0. The summed E-state index contributed by atoms with van der Waals surface area (Å²) < 4.78 is 32.7. The fourth-order valence-corrected chi connectivity index (χ4v) is 3.90. The van der Waals surface area contributed by atoms with Crippen LogP contribution in [0.4, 0.5) is 5.69 Å². The van der Waals surface area contributed by atoms with Crippen LogP contribution in [-0.4, -0.2) is 34.0 Å². The van der Waals surface area contributed by atoms with Gasteiger partial charge in [-0.1, -0.05) is 42.0 Å². The summed E-state index contributed by atoms with van der Waals surface area (Å²) in [5, 5.41) is 0. The molecule has 0 spiro atoms. The van der Waals surface area contributed by atoms with E-state index in [0.29, 0.717) is 17.0 Å². The van der Waals surface area contributed by atoms with Crippen LogP contribution in [0.25, 0.3) is 0 Å². The highest BCUT2D eigenvalue weighted by molar-refractivity contribution is 7.88. The molecule has 0 bridgehead atoms. The molecule has 6 nitrogen and oxygen atoms in total. The van der Waals surface area contributed by atoms with Crippen molar-refractivity contribution in [2.24, 2.45) is 0 Å². The molecule has 1 amide bonds. The number of aryl methyl sites for hydroxylation is 1. The molecule has 0 saturated heterocycles. The molecule has 2 aromatic rings. The average Bonchev–Trinajstić information content (AvgIpc) is 2.56. The number of hydrogen-bond donors (Lipinski definition) is 1. The number of rotatable bonds is 5. The number of nitrogens with one attached hydrogen (secondary N) is 1. The van der Waals surface area contributed by atoms with Gasteiger partial charge in [-0.15, -0.1) is 0 Å². The van der Waals surface area contributed by atoms with E-state index in [1.807, 2.05) is 31.2 Å². The Bertz CT molecular complexity index is 895. The van der Waals surface area contributed by atoms with Gasteiger partial charge in [-0.05, 0) is 24.6 Å². The Balaban J connectivity index is 1.68. The van der Waals surface area contributed by atoms with Crippen molar-refractivity contribution in [1.29, 1.82) is 0 Å². The maximum absolute atomic E-state index is 12.4. The molecule has 2 aromatic carbocycles. The second kappa shape index (κ2) is 6.85. The first-order chi connectivity index (χ1) is 11.9. The predicted octanol–water partition coefficient (Wildman–Crippen LogP) is 1.84. The SMILES string of the molecule is Cc1cccc(CS(=O)(=O)NCC2Oc3ccccc3N(C)C2=O)c1. The van der Waals surface area contributed by atoms with Gasteiger partial charge in [0, 0.05) is 7.05 Å². The highest BCUT2D eigenvalue weighted by Crippen LogP contribution is 2.32. The van der Waals surface area contributed by atoms with Crippen molar-refractivity contribution in [3.05, 3.63) is 59.7 Å². The van der Waals surface area contributed by atoms with Gasteiger partial charge in [-0.3, -0.25) is 4.79 Å². The van der Waals surface area contributed by atoms with Gasteiger partial charge in [0.1, 0.15) is 5.75 Å². The summed E-state index contributed by atoms with van der Waals surface area (Å²) in [7, 11) is -1.92. The van der Waals surface area contributed by atoms with Crippen LogP contribution in [0.2, 0.25) is 0 Å². The molecule has 0 fully saturated rings. The lowest BCUT2D eigenvalue weighted by Gasteiger charge is -2.31. The predicted molar refractivity (Wildman–Crippen MR) is 96.1 cm³/mol. The normalized spacial score (nSPS) is 17.1. The fourth-order valence-electron chi connectivity index (χ4n) is 2.78. The van der Waals surface area contributed by atoms with Crippen LogP contribution in [0.15, 0.2) is 48.5 Å². The third-order valence-electron chi connectivity index (χ3n) is 4.03. The third-order valence-corrected chi connectivity index (χ3v) is 5.35. The maximum Gasteiger partial charge on any atom is 0.269 e. The lowest BCUT2D eigenvalue weighted by atomic mass is 10.2.